The Hall–Kier alpha value is -3.54. The summed E-state index contributed by atoms with van der Waals surface area (Å²) in [5, 5.41) is 8.64. The fraction of sp³-hybridized carbons (Fsp3) is 0.350. The third-order valence-electron chi connectivity index (χ3n) is 10.2. The van der Waals surface area contributed by atoms with Crippen molar-refractivity contribution in [2.45, 2.75) is 63.2 Å². The van der Waals surface area contributed by atoms with Crippen LogP contribution in [0.15, 0.2) is 97.1 Å². The molecule has 1 fully saturated rings. The fourth-order valence-corrected chi connectivity index (χ4v) is 13.7. The molecule has 4 nitrogen and oxygen atoms in total. The van der Waals surface area contributed by atoms with Crippen molar-refractivity contribution < 1.29 is 22.0 Å². The Labute approximate surface area is 296 Å². The molecule has 50 heavy (non-hydrogen) atoms. The van der Waals surface area contributed by atoms with Crippen LogP contribution in [0.25, 0.3) is 10.1 Å². The van der Waals surface area contributed by atoms with Gasteiger partial charge in [-0.05, 0) is 57.9 Å². The summed E-state index contributed by atoms with van der Waals surface area (Å²) in [5.41, 5.74) is 1.10. The molecular weight excluding hydrogens is 675 g/mol. The van der Waals surface area contributed by atoms with E-state index < -0.39 is 56.1 Å². The third kappa shape index (κ3) is 6.41. The van der Waals surface area contributed by atoms with Crippen molar-refractivity contribution in [3.8, 4) is 0 Å². The van der Waals surface area contributed by atoms with Crippen LogP contribution < -0.4 is 21.0 Å². The molecule has 0 spiro atoms. The van der Waals surface area contributed by atoms with Gasteiger partial charge < -0.3 is 15.1 Å². The van der Waals surface area contributed by atoms with Gasteiger partial charge in [0.1, 0.15) is 11.6 Å². The van der Waals surface area contributed by atoms with Crippen molar-refractivity contribution in [2.24, 2.45) is 0 Å². The minimum atomic E-state index is -3.35. The first-order valence-electron chi connectivity index (χ1n) is 17.2. The smallest absolute Gasteiger partial charge is 0.282 e. The maximum atomic E-state index is 16.7. The minimum absolute atomic E-state index is 0.0780. The van der Waals surface area contributed by atoms with Gasteiger partial charge in [-0.2, -0.15) is 0 Å². The number of rotatable bonds is 10. The first kappa shape index (κ1) is 34.9. The average molecular weight is 718 g/mol. The first-order chi connectivity index (χ1) is 23.9. The zero-order valence-electron chi connectivity index (χ0n) is 28.8. The molecule has 0 radical (unpaired) electrons. The highest BCUT2D eigenvalue weighted by atomic mass is 32.1. The predicted octanol–water partition coefficient (Wildman–Crippen LogP) is 8.11. The largest absolute Gasteiger partial charge is 0.401 e. The summed E-state index contributed by atoms with van der Waals surface area (Å²) in [7, 11) is -3.27. The summed E-state index contributed by atoms with van der Waals surface area (Å²) in [5.74, 6) is -4.85. The number of hydrogen-bond acceptors (Lipinski definition) is 5. The summed E-state index contributed by atoms with van der Waals surface area (Å²) < 4.78 is 73.5. The number of anilines is 1. The van der Waals surface area contributed by atoms with Gasteiger partial charge in [0.25, 0.3) is 14.2 Å². The van der Waals surface area contributed by atoms with Crippen molar-refractivity contribution >= 4 is 45.8 Å². The number of nitrogens with zero attached hydrogens (tertiary/aromatic N) is 1. The molecule has 262 valence electrons. The van der Waals surface area contributed by atoms with Crippen LogP contribution in [-0.2, 0) is 10.8 Å². The van der Waals surface area contributed by atoms with Crippen LogP contribution in [0.4, 0.5) is 23.2 Å². The summed E-state index contributed by atoms with van der Waals surface area (Å²) in [6, 6.07) is 28.4. The van der Waals surface area contributed by atoms with Crippen molar-refractivity contribution in [3.05, 3.63) is 125 Å². The van der Waals surface area contributed by atoms with Crippen molar-refractivity contribution in [3.63, 3.8) is 0 Å². The Kier molecular flexibility index (Phi) is 9.45. The summed E-state index contributed by atoms with van der Waals surface area (Å²) >= 11 is 1.43. The van der Waals surface area contributed by atoms with Gasteiger partial charge in [0.05, 0.1) is 25.2 Å². The van der Waals surface area contributed by atoms with Crippen LogP contribution in [-0.4, -0.2) is 57.5 Å². The molecule has 1 saturated heterocycles. The van der Waals surface area contributed by atoms with Crippen LogP contribution in [0.1, 0.15) is 49.7 Å². The van der Waals surface area contributed by atoms with Gasteiger partial charge in [-0.1, -0.05) is 99.6 Å². The fourth-order valence-electron chi connectivity index (χ4n) is 7.75. The number of nitrogens with one attached hydrogen (secondary N) is 2. The molecule has 1 aromatic heterocycles. The van der Waals surface area contributed by atoms with Gasteiger partial charge in [-0.3, -0.25) is 4.90 Å². The lowest BCUT2D eigenvalue weighted by Gasteiger charge is -2.45. The lowest BCUT2D eigenvalue weighted by molar-refractivity contribution is -0.0819. The van der Waals surface area contributed by atoms with Crippen LogP contribution >= 0.6 is 11.3 Å². The molecule has 2 N–H and O–H groups in total. The van der Waals surface area contributed by atoms with E-state index in [1.54, 1.807) is 4.90 Å². The van der Waals surface area contributed by atoms with Crippen LogP contribution in [0.5, 0.6) is 0 Å². The minimum Gasteiger partial charge on any atom is -0.401 e. The van der Waals surface area contributed by atoms with Gasteiger partial charge >= 0.3 is 0 Å². The second-order valence-electron chi connectivity index (χ2n) is 14.7. The number of fused-ring (bicyclic) bond motifs is 3. The van der Waals surface area contributed by atoms with Crippen molar-refractivity contribution in [1.82, 2.24) is 10.2 Å². The molecule has 0 amide bonds. The Bertz CT molecular complexity index is 1900. The molecule has 0 aliphatic carbocycles. The maximum absolute atomic E-state index is 16.7. The molecule has 2 aliphatic rings. The zero-order chi connectivity index (χ0) is 35.3. The van der Waals surface area contributed by atoms with Crippen molar-refractivity contribution in [2.75, 3.05) is 31.6 Å². The van der Waals surface area contributed by atoms with Gasteiger partial charge in [0.2, 0.25) is 0 Å². The lowest BCUT2D eigenvalue weighted by atomic mass is 9.88. The van der Waals surface area contributed by atoms with Crippen molar-refractivity contribution in [1.29, 1.82) is 0 Å². The highest BCUT2D eigenvalue weighted by Crippen LogP contribution is 2.48. The van der Waals surface area contributed by atoms with E-state index in [1.807, 2.05) is 91.9 Å². The molecule has 7 rings (SSSR count). The van der Waals surface area contributed by atoms with E-state index in [1.165, 1.54) is 23.5 Å². The molecule has 1 unspecified atom stereocenters. The van der Waals surface area contributed by atoms with Crippen LogP contribution in [0.2, 0.25) is 5.04 Å². The average Bonchev–Trinajstić information content (AvgIpc) is 3.42. The van der Waals surface area contributed by atoms with E-state index in [4.69, 9.17) is 4.43 Å². The molecule has 3 heterocycles. The number of alkyl halides is 2. The highest BCUT2D eigenvalue weighted by Gasteiger charge is 2.52. The molecule has 2 atom stereocenters. The summed E-state index contributed by atoms with van der Waals surface area (Å²) in [4.78, 5) is 2.30. The van der Waals surface area contributed by atoms with Gasteiger partial charge in [0, 0.05) is 40.0 Å². The number of thiophene rings is 1. The molecular formula is C40H43F4N3OSSi. The zero-order valence-corrected chi connectivity index (χ0v) is 30.6. The summed E-state index contributed by atoms with van der Waals surface area (Å²) in [6.45, 7) is 7.87. The van der Waals surface area contributed by atoms with Crippen LogP contribution in [0.3, 0.4) is 0 Å². The van der Waals surface area contributed by atoms with E-state index in [0.717, 1.165) is 26.0 Å². The number of hydrogen-bond donors (Lipinski definition) is 2. The van der Waals surface area contributed by atoms with Gasteiger partial charge in [-0.15, -0.1) is 11.3 Å². The normalized spacial score (nSPS) is 19.0. The van der Waals surface area contributed by atoms with E-state index in [9.17, 15) is 0 Å². The standard InChI is InChI=1S/C40H43F4N3OSSi/c1-26-19-32-31-17-11-12-18-35(31)49-38(32)37(36-33(41)20-27(21-34(36)42)46-28-22-45-23-28)47(26)24-40(43,44)25-48-50(39(2,3)4,29-13-7-5-8-14-29)30-15-9-6-10-16-30/h5-18,20-21,26,28,37,45-46H,19,22-25H2,1-4H3/t26-,37?/m1/s1. The Morgan fingerprint density at radius 3 is 2.02 bits per heavy atom. The lowest BCUT2D eigenvalue weighted by Crippen LogP contribution is -2.67. The van der Waals surface area contributed by atoms with E-state index in [0.29, 0.717) is 30.1 Å². The quantitative estimate of drug-likeness (QED) is 0.113. The number of halogens is 4. The Morgan fingerprint density at radius 2 is 1.46 bits per heavy atom. The molecule has 2 aliphatic heterocycles. The Morgan fingerprint density at radius 1 is 0.880 bits per heavy atom. The molecule has 0 bridgehead atoms. The monoisotopic (exact) mass is 717 g/mol. The second kappa shape index (κ2) is 13.5. The van der Waals surface area contributed by atoms with E-state index >= 15 is 17.6 Å². The molecule has 10 heteroatoms. The molecule has 4 aromatic carbocycles. The highest BCUT2D eigenvalue weighted by molar-refractivity contribution is 7.19. The topological polar surface area (TPSA) is 36.5 Å². The third-order valence-corrected chi connectivity index (χ3v) is 16.5. The molecule has 0 saturated carbocycles. The van der Waals surface area contributed by atoms with Crippen LogP contribution in [0, 0.1) is 11.6 Å². The maximum Gasteiger partial charge on any atom is 0.282 e. The van der Waals surface area contributed by atoms with E-state index in [2.05, 4.69) is 31.4 Å². The SMILES string of the molecule is C[C@@H]1Cc2c(sc3ccccc23)C(c2c(F)cc(NC3CNC3)cc2F)N1CC(F)(F)CO[Si](c1ccccc1)(c1ccccc1)C(C)(C)C. The molecule has 5 aromatic rings. The first-order valence-corrected chi connectivity index (χ1v) is 20.0. The second-order valence-corrected chi connectivity index (χ2v) is 20.1. The van der Waals surface area contributed by atoms with Gasteiger partial charge in [0.15, 0.2) is 0 Å². The number of benzene rings is 4. The summed E-state index contributed by atoms with van der Waals surface area (Å²) in [6.07, 6.45) is 0.485. The Balaban J connectivity index is 1.27. The predicted molar refractivity (Wildman–Crippen MR) is 199 cm³/mol. The van der Waals surface area contributed by atoms with E-state index in [-0.39, 0.29) is 11.6 Å². The van der Waals surface area contributed by atoms with Gasteiger partial charge in [-0.25, -0.2) is 17.6 Å².